The molecule has 0 radical (unpaired) electrons. The first-order valence-corrected chi connectivity index (χ1v) is 11.5. The molecule has 11 heteroatoms. The van der Waals surface area contributed by atoms with Gasteiger partial charge in [-0.2, -0.15) is 0 Å². The van der Waals surface area contributed by atoms with Crippen LogP contribution >= 0.6 is 11.6 Å². The number of aliphatic hydroxyl groups is 1. The predicted molar refractivity (Wildman–Crippen MR) is 117 cm³/mol. The zero-order valence-corrected chi connectivity index (χ0v) is 19.1. The minimum atomic E-state index is -1.17. The predicted octanol–water partition coefficient (Wildman–Crippen LogP) is 3.17. The summed E-state index contributed by atoms with van der Waals surface area (Å²) < 4.78 is 51.4. The van der Waals surface area contributed by atoms with E-state index >= 15 is 0 Å². The highest BCUT2D eigenvalue weighted by atomic mass is 35.5. The van der Waals surface area contributed by atoms with Gasteiger partial charge in [0.15, 0.2) is 24.3 Å². The molecule has 2 amide bonds. The highest BCUT2D eigenvalue weighted by Gasteiger charge is 2.57. The topological polar surface area (TPSA) is 96.9 Å². The molecule has 2 aromatic rings. The van der Waals surface area contributed by atoms with Gasteiger partial charge in [0.05, 0.1) is 11.1 Å². The summed E-state index contributed by atoms with van der Waals surface area (Å²) in [6.07, 6.45) is -0.474. The third-order valence-electron chi connectivity index (χ3n) is 6.89. The van der Waals surface area contributed by atoms with E-state index in [9.17, 15) is 27.9 Å². The molecule has 4 aliphatic rings. The van der Waals surface area contributed by atoms with Crippen LogP contribution in [0, 0.1) is 23.4 Å². The van der Waals surface area contributed by atoms with E-state index in [4.69, 9.17) is 21.1 Å². The van der Waals surface area contributed by atoms with Crippen molar-refractivity contribution in [3.05, 3.63) is 58.4 Å². The Balaban J connectivity index is 1.14. The van der Waals surface area contributed by atoms with E-state index < -0.39 is 41.1 Å². The van der Waals surface area contributed by atoms with Crippen LogP contribution in [0.3, 0.4) is 0 Å². The van der Waals surface area contributed by atoms with Gasteiger partial charge >= 0.3 is 0 Å². The van der Waals surface area contributed by atoms with Crippen LogP contribution in [-0.2, 0) is 9.59 Å². The average molecular weight is 511 g/mol. The van der Waals surface area contributed by atoms with Gasteiger partial charge in [-0.15, -0.1) is 0 Å². The number of aliphatic hydroxyl groups excluding tert-OH is 1. The van der Waals surface area contributed by atoms with Crippen molar-refractivity contribution in [3.63, 3.8) is 0 Å². The molecule has 6 rings (SSSR count). The molecule has 1 unspecified atom stereocenters. The lowest BCUT2D eigenvalue weighted by Gasteiger charge is -2.40. The number of carbonyl (C=O) groups excluding carboxylic acids is 2. The number of fused-ring (bicyclic) bond motifs is 2. The number of benzene rings is 2. The van der Waals surface area contributed by atoms with Crippen LogP contribution in [-0.4, -0.2) is 41.2 Å². The maximum Gasteiger partial charge on any atom is 0.261 e. The maximum atomic E-state index is 13.6. The standard InChI is InChI=1S/C24H22ClF3N2O5/c25-14-2-1-12(3-15(14)26)34-10-22(32)29-18-9-24(7-11(18)8-24)30-23(33)21-6-19(31)13-4-16(27)17(28)5-20(13)35-21/h1-5,11,18-19,21,31H,6-10H2,(H,29,32)(H,30,33)/t11?,18?,19-,21-,24?/m1/s1. The zero-order valence-electron chi connectivity index (χ0n) is 18.3. The molecule has 7 nitrogen and oxygen atoms in total. The van der Waals surface area contributed by atoms with E-state index in [0.717, 1.165) is 18.2 Å². The Morgan fingerprint density at radius 1 is 1.11 bits per heavy atom. The highest BCUT2D eigenvalue weighted by molar-refractivity contribution is 6.30. The number of hydrogen-bond acceptors (Lipinski definition) is 5. The van der Waals surface area contributed by atoms with Crippen LogP contribution < -0.4 is 20.1 Å². The van der Waals surface area contributed by atoms with Crippen molar-refractivity contribution in [2.75, 3.05) is 6.61 Å². The summed E-state index contributed by atoms with van der Waals surface area (Å²) in [6, 6.07) is 5.43. The fourth-order valence-electron chi connectivity index (χ4n) is 5.21. The van der Waals surface area contributed by atoms with Crippen molar-refractivity contribution in [1.29, 1.82) is 0 Å². The second kappa shape index (κ2) is 8.91. The minimum Gasteiger partial charge on any atom is -0.484 e. The summed E-state index contributed by atoms with van der Waals surface area (Å²) >= 11 is 5.63. The first-order valence-electron chi connectivity index (χ1n) is 11.2. The SMILES string of the molecule is O=C(COc1ccc(Cl)c(F)c1)NC1CC2(NC(=O)[C@H]3C[C@@H](O)c4cc(F)c(F)cc4O3)CC1C2. The van der Waals surface area contributed by atoms with Gasteiger partial charge in [-0.05, 0) is 43.4 Å². The van der Waals surface area contributed by atoms with E-state index in [1.807, 2.05) is 0 Å². The molecule has 0 spiro atoms. The zero-order chi connectivity index (χ0) is 24.9. The van der Waals surface area contributed by atoms with E-state index in [2.05, 4.69) is 10.6 Å². The lowest BCUT2D eigenvalue weighted by molar-refractivity contribution is -0.133. The summed E-state index contributed by atoms with van der Waals surface area (Å²) in [5.41, 5.74) is -0.412. The molecule has 0 saturated heterocycles. The van der Waals surface area contributed by atoms with Crippen molar-refractivity contribution < 1.29 is 37.3 Å². The largest absolute Gasteiger partial charge is 0.484 e. The molecule has 186 valence electrons. The molecule has 3 aliphatic carbocycles. The van der Waals surface area contributed by atoms with E-state index in [1.165, 1.54) is 12.1 Å². The Bertz CT molecular complexity index is 1190. The number of halogens is 4. The highest BCUT2D eigenvalue weighted by Crippen LogP contribution is 2.52. The fourth-order valence-corrected chi connectivity index (χ4v) is 5.33. The number of hydrogen-bond donors (Lipinski definition) is 3. The monoisotopic (exact) mass is 510 g/mol. The van der Waals surface area contributed by atoms with Crippen molar-refractivity contribution in [2.45, 2.75) is 49.5 Å². The normalized spacial score (nSPS) is 28.4. The van der Waals surface area contributed by atoms with Gasteiger partial charge in [0.1, 0.15) is 17.3 Å². The van der Waals surface area contributed by atoms with E-state index in [1.54, 1.807) is 0 Å². The fraction of sp³-hybridized carbons (Fsp3) is 0.417. The number of ether oxygens (including phenoxy) is 2. The van der Waals surface area contributed by atoms with Crippen molar-refractivity contribution >= 4 is 23.4 Å². The number of nitrogens with one attached hydrogen (secondary N) is 2. The minimum absolute atomic E-state index is 0.0433. The van der Waals surface area contributed by atoms with Crippen LogP contribution in [0.2, 0.25) is 5.02 Å². The lowest BCUT2D eigenvalue weighted by atomic mass is 9.76. The van der Waals surface area contributed by atoms with E-state index in [0.29, 0.717) is 19.3 Å². The number of carbonyl (C=O) groups is 2. The van der Waals surface area contributed by atoms with Crippen molar-refractivity contribution in [3.8, 4) is 11.5 Å². The van der Waals surface area contributed by atoms with Crippen molar-refractivity contribution in [2.24, 2.45) is 5.92 Å². The Kier molecular flexibility index (Phi) is 6.04. The maximum absolute atomic E-state index is 13.6. The molecule has 2 bridgehead atoms. The second-order valence-electron chi connectivity index (χ2n) is 9.34. The Labute approximate surface area is 203 Å². The third kappa shape index (κ3) is 4.64. The van der Waals surface area contributed by atoms with Crippen LogP contribution in [0.5, 0.6) is 11.5 Å². The molecule has 3 fully saturated rings. The van der Waals surface area contributed by atoms with Crippen LogP contribution in [0.4, 0.5) is 13.2 Å². The van der Waals surface area contributed by atoms with Gasteiger partial charge in [0.2, 0.25) is 0 Å². The Morgan fingerprint density at radius 3 is 2.60 bits per heavy atom. The first-order chi connectivity index (χ1) is 16.6. The smallest absolute Gasteiger partial charge is 0.261 e. The number of amides is 2. The molecule has 2 aromatic carbocycles. The van der Waals surface area contributed by atoms with Crippen LogP contribution in [0.25, 0.3) is 0 Å². The molecular weight excluding hydrogens is 489 g/mol. The van der Waals surface area contributed by atoms with Crippen LogP contribution in [0.1, 0.15) is 37.4 Å². The summed E-state index contributed by atoms with van der Waals surface area (Å²) in [5.74, 6) is -3.40. The molecule has 3 atom stereocenters. The van der Waals surface area contributed by atoms with Gasteiger partial charge in [-0.25, -0.2) is 13.2 Å². The quantitative estimate of drug-likeness (QED) is 0.555. The second-order valence-corrected chi connectivity index (χ2v) is 9.75. The average Bonchev–Trinajstić information content (AvgIpc) is 3.29. The number of rotatable bonds is 6. The molecule has 3 N–H and O–H groups in total. The van der Waals surface area contributed by atoms with E-state index in [-0.39, 0.29) is 53.0 Å². The Morgan fingerprint density at radius 2 is 1.86 bits per heavy atom. The molecule has 0 aromatic heterocycles. The van der Waals surface area contributed by atoms with Gasteiger partial charge in [0, 0.05) is 35.7 Å². The first kappa shape index (κ1) is 23.7. The van der Waals surface area contributed by atoms with Gasteiger partial charge in [0.25, 0.3) is 11.8 Å². The third-order valence-corrected chi connectivity index (χ3v) is 7.20. The molecule has 1 aliphatic heterocycles. The molecular formula is C24H22ClF3N2O5. The summed E-state index contributed by atoms with van der Waals surface area (Å²) in [5, 5.41) is 16.1. The molecule has 1 heterocycles. The summed E-state index contributed by atoms with van der Waals surface area (Å²) in [6.45, 7) is -0.298. The van der Waals surface area contributed by atoms with Gasteiger partial charge in [-0.1, -0.05) is 11.6 Å². The Hall–Kier alpha value is -2.98. The van der Waals surface area contributed by atoms with Gasteiger partial charge < -0.3 is 25.2 Å². The molecule has 3 saturated carbocycles. The lowest BCUT2D eigenvalue weighted by Crippen LogP contribution is -2.56. The molecule has 35 heavy (non-hydrogen) atoms. The van der Waals surface area contributed by atoms with Crippen molar-refractivity contribution in [1.82, 2.24) is 10.6 Å². The summed E-state index contributed by atoms with van der Waals surface area (Å²) in [4.78, 5) is 25.2. The summed E-state index contributed by atoms with van der Waals surface area (Å²) in [7, 11) is 0. The van der Waals surface area contributed by atoms with Crippen LogP contribution in [0.15, 0.2) is 30.3 Å². The van der Waals surface area contributed by atoms with Gasteiger partial charge in [-0.3, -0.25) is 9.59 Å².